The van der Waals surface area contributed by atoms with Crippen molar-refractivity contribution >= 4 is 27.8 Å². The molecule has 0 radical (unpaired) electrons. The molecule has 2 heterocycles. The fraction of sp³-hybridized carbons (Fsp3) is 0.280. The molecule has 0 bridgehead atoms. The SMILES string of the molecule is COc1cccc(CCNC(=O)Cc2c(C)c3cc4c(C)c(C)oc4cc3oc2=O)c1. The Morgan fingerprint density at radius 2 is 1.74 bits per heavy atom. The van der Waals surface area contributed by atoms with Gasteiger partial charge in [-0.3, -0.25) is 4.79 Å². The van der Waals surface area contributed by atoms with Gasteiger partial charge in [0.25, 0.3) is 0 Å². The normalized spacial score (nSPS) is 11.2. The molecule has 1 N–H and O–H groups in total. The molecule has 0 atom stereocenters. The number of amides is 1. The van der Waals surface area contributed by atoms with Crippen LogP contribution in [0.4, 0.5) is 0 Å². The van der Waals surface area contributed by atoms with Gasteiger partial charge in [-0.25, -0.2) is 4.79 Å². The second kappa shape index (κ2) is 8.30. The van der Waals surface area contributed by atoms with Crippen molar-refractivity contribution in [1.82, 2.24) is 5.32 Å². The average molecular weight is 419 g/mol. The lowest BCUT2D eigenvalue weighted by Crippen LogP contribution is -2.29. The zero-order valence-electron chi connectivity index (χ0n) is 18.1. The molecule has 4 rings (SSSR count). The third kappa shape index (κ3) is 4.06. The fourth-order valence-electron chi connectivity index (χ4n) is 3.83. The summed E-state index contributed by atoms with van der Waals surface area (Å²) in [5.74, 6) is 1.40. The minimum atomic E-state index is -0.493. The third-order valence-electron chi connectivity index (χ3n) is 5.79. The van der Waals surface area contributed by atoms with Gasteiger partial charge in [-0.1, -0.05) is 12.1 Å². The molecule has 160 valence electrons. The first kappa shape index (κ1) is 20.7. The van der Waals surface area contributed by atoms with Crippen LogP contribution in [0.1, 0.15) is 28.0 Å². The summed E-state index contributed by atoms with van der Waals surface area (Å²) in [5, 5.41) is 4.68. The molecule has 31 heavy (non-hydrogen) atoms. The molecule has 0 aliphatic carbocycles. The number of nitrogens with one attached hydrogen (secondary N) is 1. The first-order chi connectivity index (χ1) is 14.9. The largest absolute Gasteiger partial charge is 0.497 e. The number of carbonyl (C=O) groups is 1. The van der Waals surface area contributed by atoms with E-state index in [9.17, 15) is 9.59 Å². The summed E-state index contributed by atoms with van der Waals surface area (Å²) in [6.07, 6.45) is 0.648. The summed E-state index contributed by atoms with van der Waals surface area (Å²) in [6.45, 7) is 6.23. The van der Waals surface area contributed by atoms with Crippen LogP contribution in [0.15, 0.2) is 50.0 Å². The standard InChI is InChI=1S/C25H25NO5/c1-14-16(3)30-22-13-23-20(11-19(14)22)15(2)21(25(28)31-23)12-24(27)26-9-8-17-6-5-7-18(10-17)29-4/h5-7,10-11,13H,8-9,12H2,1-4H3,(H,26,27). The molecule has 0 unspecified atom stereocenters. The smallest absolute Gasteiger partial charge is 0.340 e. The van der Waals surface area contributed by atoms with Crippen molar-refractivity contribution < 1.29 is 18.4 Å². The summed E-state index contributed by atoms with van der Waals surface area (Å²) >= 11 is 0. The van der Waals surface area contributed by atoms with Gasteiger partial charge >= 0.3 is 5.63 Å². The van der Waals surface area contributed by atoms with E-state index < -0.39 is 5.63 Å². The molecule has 0 aliphatic heterocycles. The van der Waals surface area contributed by atoms with Crippen molar-refractivity contribution in [2.24, 2.45) is 0 Å². The molecule has 0 aliphatic rings. The average Bonchev–Trinajstić information content (AvgIpc) is 3.03. The van der Waals surface area contributed by atoms with Crippen LogP contribution in [0.25, 0.3) is 21.9 Å². The Morgan fingerprint density at radius 1 is 1.00 bits per heavy atom. The second-order valence-corrected chi connectivity index (χ2v) is 7.75. The third-order valence-corrected chi connectivity index (χ3v) is 5.79. The molecule has 6 nitrogen and oxygen atoms in total. The van der Waals surface area contributed by atoms with Crippen LogP contribution in [0.5, 0.6) is 5.75 Å². The molecule has 0 saturated carbocycles. The van der Waals surface area contributed by atoms with Gasteiger partial charge in [-0.2, -0.15) is 0 Å². The van der Waals surface area contributed by atoms with E-state index in [0.717, 1.165) is 39.0 Å². The summed E-state index contributed by atoms with van der Waals surface area (Å²) in [4.78, 5) is 25.1. The topological polar surface area (TPSA) is 81.7 Å². The molecular formula is C25H25NO5. The number of ether oxygens (including phenoxy) is 1. The van der Waals surface area contributed by atoms with Crippen LogP contribution < -0.4 is 15.7 Å². The van der Waals surface area contributed by atoms with Crippen molar-refractivity contribution in [3.05, 3.63) is 74.8 Å². The van der Waals surface area contributed by atoms with E-state index in [1.165, 1.54) is 0 Å². The summed E-state index contributed by atoms with van der Waals surface area (Å²) in [5.41, 5.74) is 3.92. The van der Waals surface area contributed by atoms with Crippen LogP contribution in [0.2, 0.25) is 0 Å². The van der Waals surface area contributed by atoms with Crippen molar-refractivity contribution in [2.75, 3.05) is 13.7 Å². The van der Waals surface area contributed by atoms with E-state index in [1.807, 2.05) is 51.1 Å². The van der Waals surface area contributed by atoms with E-state index in [1.54, 1.807) is 13.2 Å². The van der Waals surface area contributed by atoms with Crippen molar-refractivity contribution in [1.29, 1.82) is 0 Å². The Kier molecular flexibility index (Phi) is 5.55. The van der Waals surface area contributed by atoms with Gasteiger partial charge in [0.15, 0.2) is 0 Å². The first-order valence-electron chi connectivity index (χ1n) is 10.2. The van der Waals surface area contributed by atoms with Crippen LogP contribution in [0, 0.1) is 20.8 Å². The van der Waals surface area contributed by atoms with Gasteiger partial charge in [-0.15, -0.1) is 0 Å². The van der Waals surface area contributed by atoms with E-state index in [-0.39, 0.29) is 12.3 Å². The lowest BCUT2D eigenvalue weighted by Gasteiger charge is -2.09. The minimum Gasteiger partial charge on any atom is -0.497 e. The van der Waals surface area contributed by atoms with Crippen molar-refractivity contribution in [3.63, 3.8) is 0 Å². The monoisotopic (exact) mass is 419 g/mol. The Balaban J connectivity index is 1.53. The van der Waals surface area contributed by atoms with Crippen LogP contribution in [-0.2, 0) is 17.6 Å². The minimum absolute atomic E-state index is 0.0242. The summed E-state index contributed by atoms with van der Waals surface area (Å²) < 4.78 is 16.5. The highest BCUT2D eigenvalue weighted by Crippen LogP contribution is 2.31. The van der Waals surface area contributed by atoms with Gasteiger partial charge in [0, 0.05) is 23.4 Å². The first-order valence-corrected chi connectivity index (χ1v) is 10.2. The summed E-state index contributed by atoms with van der Waals surface area (Å²) in [7, 11) is 1.62. The Morgan fingerprint density at radius 3 is 2.52 bits per heavy atom. The summed E-state index contributed by atoms with van der Waals surface area (Å²) in [6, 6.07) is 11.4. The maximum atomic E-state index is 12.6. The fourth-order valence-corrected chi connectivity index (χ4v) is 3.83. The van der Waals surface area contributed by atoms with E-state index in [4.69, 9.17) is 13.6 Å². The number of benzene rings is 2. The molecule has 2 aromatic heterocycles. The number of carbonyl (C=O) groups excluding carboxylic acids is 1. The van der Waals surface area contributed by atoms with Crippen LogP contribution in [0.3, 0.4) is 0 Å². The number of fused-ring (bicyclic) bond motifs is 2. The zero-order valence-corrected chi connectivity index (χ0v) is 18.1. The Hall–Kier alpha value is -3.54. The molecule has 0 spiro atoms. The quantitative estimate of drug-likeness (QED) is 0.469. The maximum absolute atomic E-state index is 12.6. The molecule has 0 fully saturated rings. The van der Waals surface area contributed by atoms with Gasteiger partial charge in [0.05, 0.1) is 19.1 Å². The molecule has 4 aromatic rings. The number of hydrogen-bond donors (Lipinski definition) is 1. The highest BCUT2D eigenvalue weighted by atomic mass is 16.5. The maximum Gasteiger partial charge on any atom is 0.340 e. The van der Waals surface area contributed by atoms with E-state index in [0.29, 0.717) is 29.7 Å². The number of hydrogen-bond acceptors (Lipinski definition) is 5. The molecule has 6 heteroatoms. The molecule has 0 saturated heterocycles. The Labute approximate surface area is 179 Å². The van der Waals surface area contributed by atoms with Gasteiger partial charge < -0.3 is 18.9 Å². The van der Waals surface area contributed by atoms with E-state index >= 15 is 0 Å². The predicted molar refractivity (Wildman–Crippen MR) is 120 cm³/mol. The van der Waals surface area contributed by atoms with Crippen molar-refractivity contribution in [3.8, 4) is 5.75 Å². The predicted octanol–water partition coefficient (Wildman–Crippen LogP) is 4.37. The van der Waals surface area contributed by atoms with E-state index in [2.05, 4.69) is 5.32 Å². The van der Waals surface area contributed by atoms with Gasteiger partial charge in [0.1, 0.15) is 22.7 Å². The lowest BCUT2D eigenvalue weighted by molar-refractivity contribution is -0.120. The highest BCUT2D eigenvalue weighted by Gasteiger charge is 2.17. The number of rotatable bonds is 6. The van der Waals surface area contributed by atoms with Crippen LogP contribution >= 0.6 is 0 Å². The van der Waals surface area contributed by atoms with Crippen LogP contribution in [-0.4, -0.2) is 19.6 Å². The van der Waals surface area contributed by atoms with Gasteiger partial charge in [0.2, 0.25) is 5.91 Å². The molecule has 1 amide bonds. The lowest BCUT2D eigenvalue weighted by atomic mass is 10.0. The Bertz CT molecular complexity index is 1350. The zero-order chi connectivity index (χ0) is 22.1. The number of furan rings is 1. The second-order valence-electron chi connectivity index (χ2n) is 7.75. The van der Waals surface area contributed by atoms with Gasteiger partial charge in [-0.05, 0) is 62.1 Å². The van der Waals surface area contributed by atoms with Crippen molar-refractivity contribution in [2.45, 2.75) is 33.6 Å². The number of aryl methyl sites for hydroxylation is 3. The molecular weight excluding hydrogens is 394 g/mol. The highest BCUT2D eigenvalue weighted by molar-refractivity contribution is 5.97. The number of methoxy groups -OCH3 is 1. The molecule has 2 aromatic carbocycles.